The Morgan fingerprint density at radius 2 is 1.95 bits per heavy atom. The molecule has 198 valence electrons. The molecule has 0 amide bonds. The van der Waals surface area contributed by atoms with Gasteiger partial charge in [0.15, 0.2) is 0 Å². The van der Waals surface area contributed by atoms with Gasteiger partial charge in [0.05, 0.1) is 24.6 Å². The minimum atomic E-state index is -3.65. The van der Waals surface area contributed by atoms with Gasteiger partial charge in [0.1, 0.15) is 11.6 Å². The van der Waals surface area contributed by atoms with Crippen molar-refractivity contribution in [3.63, 3.8) is 0 Å². The number of nitrogens with one attached hydrogen (secondary N) is 3. The van der Waals surface area contributed by atoms with Crippen LogP contribution in [0.1, 0.15) is 25.0 Å². The maximum absolute atomic E-state index is 14.6. The van der Waals surface area contributed by atoms with Gasteiger partial charge < -0.3 is 15.8 Å². The molecule has 8 nitrogen and oxygen atoms in total. The number of aliphatic hydroxyl groups is 1. The van der Waals surface area contributed by atoms with E-state index >= 15 is 0 Å². The molecule has 0 saturated heterocycles. The third-order valence-electron chi connectivity index (χ3n) is 5.55. The van der Waals surface area contributed by atoms with Crippen LogP contribution >= 0.6 is 0 Å². The van der Waals surface area contributed by atoms with Gasteiger partial charge in [0.2, 0.25) is 10.0 Å². The van der Waals surface area contributed by atoms with Crippen molar-refractivity contribution >= 4 is 33.1 Å². The molecule has 3 aromatic rings. The van der Waals surface area contributed by atoms with Crippen molar-refractivity contribution < 1.29 is 22.3 Å². The number of hydrogen-bond donors (Lipinski definition) is 4. The highest BCUT2D eigenvalue weighted by Crippen LogP contribution is 2.32. The van der Waals surface area contributed by atoms with Crippen LogP contribution in [0.15, 0.2) is 72.8 Å². The largest absolute Gasteiger partial charge is 0.389 e. The number of nitrogens with zero attached hydrogens (tertiary/aromatic N) is 2. The van der Waals surface area contributed by atoms with Crippen LogP contribution in [0, 0.1) is 17.0 Å². The molecule has 2 aromatic carbocycles. The number of dihydropyridines is 1. The van der Waals surface area contributed by atoms with Gasteiger partial charge in [-0.25, -0.2) is 17.2 Å². The Bertz CT molecular complexity index is 1600. The molecule has 38 heavy (non-hydrogen) atoms. The molecule has 0 bridgehead atoms. The van der Waals surface area contributed by atoms with Gasteiger partial charge in [0, 0.05) is 58.3 Å². The van der Waals surface area contributed by atoms with Gasteiger partial charge >= 0.3 is 0 Å². The van der Waals surface area contributed by atoms with Crippen molar-refractivity contribution in [2.45, 2.75) is 26.0 Å². The first-order chi connectivity index (χ1) is 17.8. The molecule has 1 aliphatic heterocycles. The van der Waals surface area contributed by atoms with Gasteiger partial charge in [-0.3, -0.25) is 9.40 Å². The number of anilines is 1. The molecule has 4 N–H and O–H groups in total. The molecule has 0 saturated carbocycles. The van der Waals surface area contributed by atoms with Gasteiger partial charge in [0.25, 0.3) is 0 Å². The second-order valence-corrected chi connectivity index (χ2v) is 11.3. The van der Waals surface area contributed by atoms with Crippen LogP contribution < -0.4 is 10.0 Å². The summed E-state index contributed by atoms with van der Waals surface area (Å²) in [6.45, 7) is 3.72. The van der Waals surface area contributed by atoms with Crippen LogP contribution in [0.3, 0.4) is 0 Å². The summed E-state index contributed by atoms with van der Waals surface area (Å²) in [5.74, 6) is -1.53. The van der Waals surface area contributed by atoms with Crippen LogP contribution in [0.4, 0.5) is 14.5 Å². The topological polar surface area (TPSA) is 120 Å². The normalized spacial score (nSPS) is 15.1. The Balaban J connectivity index is 1.71. The third-order valence-corrected chi connectivity index (χ3v) is 6.16. The van der Waals surface area contributed by atoms with E-state index in [9.17, 15) is 22.3 Å². The van der Waals surface area contributed by atoms with E-state index in [1.54, 1.807) is 43.1 Å². The van der Waals surface area contributed by atoms with Crippen LogP contribution in [0.25, 0.3) is 22.3 Å². The monoisotopic (exact) mass is 539 g/mol. The molecular formula is C27H27F2N5O3S. The zero-order chi connectivity index (χ0) is 27.7. The average Bonchev–Trinajstić information content (AvgIpc) is 3.25. The molecule has 0 radical (unpaired) electrons. The number of rotatable bonds is 8. The summed E-state index contributed by atoms with van der Waals surface area (Å²) < 4.78 is 56.0. The molecule has 4 rings (SSSR count). The molecule has 0 unspecified atom stereocenters. The molecule has 0 atom stereocenters. The zero-order valence-corrected chi connectivity index (χ0v) is 21.8. The van der Waals surface area contributed by atoms with E-state index in [2.05, 4.69) is 15.1 Å². The Morgan fingerprint density at radius 1 is 1.18 bits per heavy atom. The first-order valence-electron chi connectivity index (χ1n) is 11.5. The minimum Gasteiger partial charge on any atom is -0.389 e. The first kappa shape index (κ1) is 27.0. The van der Waals surface area contributed by atoms with Crippen molar-refractivity contribution in [1.82, 2.24) is 15.1 Å². The Kier molecular flexibility index (Phi) is 7.34. The van der Waals surface area contributed by atoms with Crippen LogP contribution in [-0.4, -0.2) is 41.4 Å². The van der Waals surface area contributed by atoms with Crippen molar-refractivity contribution in [3.8, 4) is 11.1 Å². The second kappa shape index (κ2) is 10.3. The summed E-state index contributed by atoms with van der Waals surface area (Å²) in [6.07, 6.45) is 10.9. The van der Waals surface area contributed by atoms with Gasteiger partial charge in [-0.15, -0.1) is 0 Å². The van der Waals surface area contributed by atoms with Crippen molar-refractivity contribution in [2.24, 2.45) is 0 Å². The van der Waals surface area contributed by atoms with Gasteiger partial charge in [-0.1, -0.05) is 6.08 Å². The van der Waals surface area contributed by atoms with Crippen LogP contribution in [-0.2, 0) is 16.6 Å². The summed E-state index contributed by atoms with van der Waals surface area (Å²) in [6, 6.07) is 7.73. The van der Waals surface area contributed by atoms with Crippen molar-refractivity contribution in [3.05, 3.63) is 95.6 Å². The molecule has 11 heteroatoms. The lowest BCUT2D eigenvalue weighted by Gasteiger charge is -2.17. The van der Waals surface area contributed by atoms with E-state index in [-0.39, 0.29) is 11.3 Å². The summed E-state index contributed by atoms with van der Waals surface area (Å²) in [4.78, 5) is 0. The van der Waals surface area contributed by atoms with E-state index in [0.717, 1.165) is 35.7 Å². The van der Waals surface area contributed by atoms with Crippen LogP contribution in [0.2, 0.25) is 0 Å². The molecule has 1 aromatic heterocycles. The van der Waals surface area contributed by atoms with E-state index in [1.807, 2.05) is 12.3 Å². The first-order valence-corrected chi connectivity index (χ1v) is 13.4. The molecule has 2 heterocycles. The lowest BCUT2D eigenvalue weighted by atomic mass is 9.96. The molecule has 0 fully saturated rings. The fourth-order valence-corrected chi connectivity index (χ4v) is 4.57. The number of allylic oxidation sites excluding steroid dienone is 4. The van der Waals surface area contributed by atoms with E-state index in [1.165, 1.54) is 18.2 Å². The predicted octanol–water partition coefficient (Wildman–Crippen LogP) is 4.53. The quantitative estimate of drug-likeness (QED) is 0.314. The van der Waals surface area contributed by atoms with Crippen LogP contribution in [0.5, 0.6) is 0 Å². The highest BCUT2D eigenvalue weighted by molar-refractivity contribution is 7.92. The number of sulfonamides is 1. The number of halogens is 2. The zero-order valence-electron chi connectivity index (χ0n) is 21.0. The molecule has 0 aliphatic carbocycles. The molecule has 0 spiro atoms. The summed E-state index contributed by atoms with van der Waals surface area (Å²) in [7, 11) is -3.65. The van der Waals surface area contributed by atoms with E-state index in [4.69, 9.17) is 5.41 Å². The van der Waals surface area contributed by atoms with Crippen molar-refractivity contribution in [2.75, 3.05) is 11.0 Å². The second-order valence-electron chi connectivity index (χ2n) is 9.59. The Hall–Kier alpha value is -4.09. The fraction of sp³-hybridized carbons (Fsp3) is 0.185. The highest BCUT2D eigenvalue weighted by atomic mass is 32.2. The van der Waals surface area contributed by atoms with Crippen molar-refractivity contribution in [1.29, 1.82) is 5.41 Å². The predicted molar refractivity (Wildman–Crippen MR) is 145 cm³/mol. The molecule has 1 aliphatic rings. The van der Waals surface area contributed by atoms with E-state index < -0.39 is 27.3 Å². The SMILES string of the molecule is CC(C)(O)Cn1cc(C2=CN/C(=C(\C=N)c3cc(NS(C)(=O)=O)cc(-c4ccc(F)cc4F)c3)C=C2)cn1. The van der Waals surface area contributed by atoms with E-state index in [0.29, 0.717) is 28.9 Å². The molecular weight excluding hydrogens is 512 g/mol. The van der Waals surface area contributed by atoms with Gasteiger partial charge in [-0.2, -0.15) is 5.10 Å². The number of hydrogen-bond acceptors (Lipinski definition) is 6. The summed E-state index contributed by atoms with van der Waals surface area (Å²) in [5.41, 5.74) is 2.68. The lowest BCUT2D eigenvalue weighted by Crippen LogP contribution is -2.26. The lowest BCUT2D eigenvalue weighted by molar-refractivity contribution is 0.0577. The number of benzene rings is 2. The highest BCUT2D eigenvalue weighted by Gasteiger charge is 2.17. The summed E-state index contributed by atoms with van der Waals surface area (Å²) >= 11 is 0. The Morgan fingerprint density at radius 3 is 2.55 bits per heavy atom. The maximum Gasteiger partial charge on any atom is 0.229 e. The Labute approximate surface area is 219 Å². The smallest absolute Gasteiger partial charge is 0.229 e. The number of aromatic nitrogens is 2. The third kappa shape index (κ3) is 6.61. The summed E-state index contributed by atoms with van der Waals surface area (Å²) in [5, 5.41) is 25.5. The standard InChI is InChI=1S/C27H27F2N5O3S/c1-27(2,35)16-34-15-20(14-32-34)17-4-7-26(31-13-17)24(12-30)19-8-18(9-22(10-19)33-38(3,36)37)23-6-5-21(28)11-25(23)29/h4-15,30-31,33,35H,16H2,1-3H3/b26-24+,30-12?. The van der Waals surface area contributed by atoms with Gasteiger partial charge in [-0.05, 0) is 61.4 Å². The fourth-order valence-electron chi connectivity index (χ4n) is 4.02. The average molecular weight is 540 g/mol. The minimum absolute atomic E-state index is 0.0801. The maximum atomic E-state index is 14.6.